The Hall–Kier alpha value is -3.49. The van der Waals surface area contributed by atoms with Gasteiger partial charge >= 0.3 is 11.9 Å². The molecule has 2 atom stereocenters. The predicted molar refractivity (Wildman–Crippen MR) is 240 cm³/mol. The van der Waals surface area contributed by atoms with Gasteiger partial charge < -0.3 is 28.6 Å². The summed E-state index contributed by atoms with van der Waals surface area (Å²) in [5, 5.41) is 11.6. The summed E-state index contributed by atoms with van der Waals surface area (Å²) in [6.45, 7) is 4.45. The van der Waals surface area contributed by atoms with Gasteiger partial charge in [-0.25, -0.2) is 0 Å². The van der Waals surface area contributed by atoms with Crippen LogP contribution in [0.2, 0.25) is 0 Å². The van der Waals surface area contributed by atoms with Crippen LogP contribution in [0.5, 0.6) is 0 Å². The first kappa shape index (κ1) is 54.5. The van der Waals surface area contributed by atoms with Gasteiger partial charge in [0.25, 0.3) is 0 Å². The van der Waals surface area contributed by atoms with Crippen molar-refractivity contribution in [1.29, 1.82) is 0 Å². The number of quaternary nitrogens is 1. The number of likely N-dealkylation sites (N-methyl/N-ethyl adjacent to an activating group) is 1. The zero-order chi connectivity index (χ0) is 42.8. The second-order valence-electron chi connectivity index (χ2n) is 15.9. The van der Waals surface area contributed by atoms with Gasteiger partial charge in [-0.1, -0.05) is 144 Å². The van der Waals surface area contributed by atoms with Crippen LogP contribution in [0.4, 0.5) is 0 Å². The number of carboxylic acids is 1. The number of unbranched alkanes of at least 4 members (excludes halogenated alkanes) is 11. The fourth-order valence-corrected chi connectivity index (χ4v) is 5.99. The van der Waals surface area contributed by atoms with Crippen LogP contribution < -0.4 is 5.11 Å². The molecule has 0 aromatic carbocycles. The van der Waals surface area contributed by atoms with Crippen molar-refractivity contribution in [2.45, 2.75) is 174 Å². The van der Waals surface area contributed by atoms with Crippen molar-refractivity contribution < 1.29 is 38.2 Å². The van der Waals surface area contributed by atoms with Crippen LogP contribution in [0.3, 0.4) is 0 Å². The van der Waals surface area contributed by atoms with Crippen molar-refractivity contribution in [3.8, 4) is 0 Å². The maximum absolute atomic E-state index is 12.7. The number of nitrogens with zero attached hydrogens (tertiary/aromatic N) is 1. The molecule has 8 nitrogen and oxygen atoms in total. The van der Waals surface area contributed by atoms with Crippen LogP contribution in [0.1, 0.15) is 162 Å². The van der Waals surface area contributed by atoms with Gasteiger partial charge in [0.2, 0.25) is 0 Å². The van der Waals surface area contributed by atoms with Gasteiger partial charge in [0.05, 0.1) is 40.3 Å². The molecule has 0 saturated heterocycles. The maximum atomic E-state index is 12.7. The molecular weight excluding hydrogens is 727 g/mol. The summed E-state index contributed by atoms with van der Waals surface area (Å²) in [5.41, 5.74) is 0. The second kappa shape index (κ2) is 40.3. The van der Waals surface area contributed by atoms with Gasteiger partial charge in [-0.2, -0.15) is 0 Å². The number of esters is 2. The molecule has 0 aromatic heterocycles. The lowest BCUT2D eigenvalue weighted by molar-refractivity contribution is -0.889. The van der Waals surface area contributed by atoms with Crippen molar-refractivity contribution in [2.24, 2.45) is 0 Å². The molecule has 0 amide bonds. The van der Waals surface area contributed by atoms with Crippen molar-refractivity contribution in [3.05, 3.63) is 85.1 Å². The smallest absolute Gasteiger partial charge is 0.306 e. The van der Waals surface area contributed by atoms with Gasteiger partial charge in [0, 0.05) is 19.3 Å². The number of carboxylic acid groups (broad SMARTS) is 1. The highest BCUT2D eigenvalue weighted by Gasteiger charge is 2.25. The summed E-state index contributed by atoms with van der Waals surface area (Å²) in [4.78, 5) is 36.8. The van der Waals surface area contributed by atoms with E-state index in [-0.39, 0.29) is 42.7 Å². The number of allylic oxidation sites excluding steroid dienone is 14. The molecule has 0 radical (unpaired) electrons. The van der Waals surface area contributed by atoms with E-state index in [0.29, 0.717) is 12.8 Å². The first-order chi connectivity index (χ1) is 28.1. The van der Waals surface area contributed by atoms with Crippen LogP contribution in [0.15, 0.2) is 85.1 Å². The van der Waals surface area contributed by atoms with Crippen molar-refractivity contribution >= 4 is 17.9 Å². The molecule has 0 aliphatic rings. The lowest BCUT2D eigenvalue weighted by atomic mass is 10.1. The Morgan fingerprint density at radius 3 is 1.45 bits per heavy atom. The maximum Gasteiger partial charge on any atom is 0.306 e. The molecule has 2 unspecified atom stereocenters. The quantitative estimate of drug-likeness (QED) is 0.0264. The molecule has 330 valence electrons. The lowest BCUT2D eigenvalue weighted by Crippen LogP contribution is -2.55. The normalized spacial score (nSPS) is 13.7. The summed E-state index contributed by atoms with van der Waals surface area (Å²) in [6.07, 6.45) is 51.8. The summed E-state index contributed by atoms with van der Waals surface area (Å²) < 4.78 is 17.1. The Bertz CT molecular complexity index is 1220. The Kier molecular flexibility index (Phi) is 37.9. The van der Waals surface area contributed by atoms with E-state index in [9.17, 15) is 19.5 Å². The number of carbonyl (C=O) groups excluding carboxylic acids is 3. The molecule has 8 heteroatoms. The highest BCUT2D eigenvalue weighted by atomic mass is 16.6. The Balaban J connectivity index is 4.34. The third-order valence-corrected chi connectivity index (χ3v) is 9.52. The standard InChI is InChI=1S/C50H83NO7/c1-6-8-10-12-14-16-18-19-20-21-22-23-24-25-26-27-28-29-31-32-34-36-38-40-48(52)57-45-46(44-56-43-42-47(50(54)55)51(3,4)5)58-49(53)41-39-37-35-33-30-17-15-13-11-9-7-2/h8,10,13-16,19-20,22-23,25-26,28-29,46-47H,6-7,9,11-12,17-18,21,24,27,30-45H2,1-5H3/b10-8+,15-13+,16-14+,20-19+,23-22+,26-25+,29-28+. The molecule has 0 aliphatic carbocycles. The molecule has 0 fully saturated rings. The Morgan fingerprint density at radius 2 is 0.966 bits per heavy atom. The highest BCUT2D eigenvalue weighted by molar-refractivity contribution is 5.70. The molecule has 0 heterocycles. The summed E-state index contributed by atoms with van der Waals surface area (Å²) in [7, 11) is 5.38. The molecule has 0 bridgehead atoms. The summed E-state index contributed by atoms with van der Waals surface area (Å²) >= 11 is 0. The van der Waals surface area contributed by atoms with Crippen LogP contribution in [-0.4, -0.2) is 75.5 Å². The molecule has 0 spiro atoms. The highest BCUT2D eigenvalue weighted by Crippen LogP contribution is 2.12. The molecule has 0 aliphatic heterocycles. The molecule has 0 saturated carbocycles. The zero-order valence-electron chi connectivity index (χ0n) is 37.4. The van der Waals surface area contributed by atoms with Crippen LogP contribution in [-0.2, 0) is 28.6 Å². The van der Waals surface area contributed by atoms with E-state index in [1.807, 2.05) is 0 Å². The monoisotopic (exact) mass is 810 g/mol. The number of aliphatic carboxylic acids is 1. The molecular formula is C50H83NO7. The van der Waals surface area contributed by atoms with E-state index in [1.54, 1.807) is 21.1 Å². The number of hydrogen-bond donors (Lipinski definition) is 0. The van der Waals surface area contributed by atoms with Gasteiger partial charge in [0.15, 0.2) is 6.10 Å². The average molecular weight is 810 g/mol. The topological polar surface area (TPSA) is 102 Å². The fourth-order valence-electron chi connectivity index (χ4n) is 5.99. The minimum Gasteiger partial charge on any atom is -0.544 e. The third kappa shape index (κ3) is 38.1. The average Bonchev–Trinajstić information content (AvgIpc) is 3.18. The van der Waals surface area contributed by atoms with E-state index in [0.717, 1.165) is 116 Å². The zero-order valence-corrected chi connectivity index (χ0v) is 37.4. The van der Waals surface area contributed by atoms with Crippen molar-refractivity contribution in [2.75, 3.05) is 41.0 Å². The van der Waals surface area contributed by atoms with Gasteiger partial charge in [-0.05, 0) is 83.5 Å². The van der Waals surface area contributed by atoms with Crippen LogP contribution in [0, 0.1) is 0 Å². The van der Waals surface area contributed by atoms with E-state index in [1.165, 1.54) is 12.8 Å². The number of rotatable bonds is 39. The molecule has 0 rings (SSSR count). The van der Waals surface area contributed by atoms with Crippen molar-refractivity contribution in [1.82, 2.24) is 0 Å². The van der Waals surface area contributed by atoms with Crippen LogP contribution in [0.25, 0.3) is 0 Å². The Morgan fingerprint density at radius 1 is 0.534 bits per heavy atom. The molecule has 0 N–H and O–H groups in total. The lowest BCUT2D eigenvalue weighted by Gasteiger charge is -2.34. The van der Waals surface area contributed by atoms with Gasteiger partial charge in [0.1, 0.15) is 12.6 Å². The summed E-state index contributed by atoms with van der Waals surface area (Å²) in [6, 6.07) is -0.735. The van der Waals surface area contributed by atoms with Gasteiger partial charge in [-0.3, -0.25) is 9.59 Å². The molecule has 0 aromatic rings. The second-order valence-corrected chi connectivity index (χ2v) is 15.9. The Labute approximate surface area is 354 Å². The minimum absolute atomic E-state index is 0.0241. The van der Waals surface area contributed by atoms with E-state index >= 15 is 0 Å². The SMILES string of the molecule is CC/C=C/C/C=C/C/C=C/C/C=C/C/C=C/C/C=C/CCCCCCC(=O)OCC(COCCC(C(=O)[O-])[N+](C)(C)C)OC(=O)CCCCCCC/C=C/CCCC. The molecule has 58 heavy (non-hydrogen) atoms. The minimum atomic E-state index is -1.13. The predicted octanol–water partition coefficient (Wildman–Crippen LogP) is 11.2. The van der Waals surface area contributed by atoms with Gasteiger partial charge in [-0.15, -0.1) is 0 Å². The first-order valence-electron chi connectivity index (χ1n) is 22.6. The van der Waals surface area contributed by atoms with E-state index < -0.39 is 18.1 Å². The largest absolute Gasteiger partial charge is 0.544 e. The first-order valence-corrected chi connectivity index (χ1v) is 22.6. The summed E-state index contributed by atoms with van der Waals surface area (Å²) in [5.74, 6) is -1.79. The third-order valence-electron chi connectivity index (χ3n) is 9.52. The fraction of sp³-hybridized carbons (Fsp3) is 0.660. The van der Waals surface area contributed by atoms with Crippen LogP contribution >= 0.6 is 0 Å². The van der Waals surface area contributed by atoms with E-state index in [2.05, 4.69) is 98.9 Å². The number of hydrogen-bond acceptors (Lipinski definition) is 7. The van der Waals surface area contributed by atoms with Crippen molar-refractivity contribution in [3.63, 3.8) is 0 Å². The van der Waals surface area contributed by atoms with E-state index in [4.69, 9.17) is 14.2 Å². The number of carbonyl (C=O) groups is 3. The number of ether oxygens (including phenoxy) is 3.